The monoisotopic (exact) mass is 183 g/mol. The smallest absolute Gasteiger partial charge is 0.382 e. The summed E-state index contributed by atoms with van der Waals surface area (Å²) in [6.45, 7) is 2.41. The summed E-state index contributed by atoms with van der Waals surface area (Å²) in [7, 11) is 0. The van der Waals surface area contributed by atoms with Crippen LogP contribution in [-0.4, -0.2) is 30.0 Å². The summed E-state index contributed by atoms with van der Waals surface area (Å²) in [5.41, 5.74) is 0. The van der Waals surface area contributed by atoms with E-state index in [-0.39, 0.29) is 5.92 Å². The molecule has 3 unspecified atom stereocenters. The van der Waals surface area contributed by atoms with Gasteiger partial charge in [0.15, 0.2) is 6.10 Å². The average Bonchev–Trinajstić information content (AvgIpc) is 2.32. The van der Waals surface area contributed by atoms with Crippen LogP contribution in [0, 0.1) is 5.92 Å². The van der Waals surface area contributed by atoms with Crippen LogP contribution in [0.2, 0.25) is 0 Å². The number of halogens is 3. The summed E-state index contributed by atoms with van der Waals surface area (Å²) in [4.78, 5) is 0. The highest BCUT2D eigenvalue weighted by molar-refractivity contribution is 4.88. The van der Waals surface area contributed by atoms with Gasteiger partial charge in [0.05, 0.1) is 0 Å². The average molecular weight is 183 g/mol. The van der Waals surface area contributed by atoms with Gasteiger partial charge in [0.2, 0.25) is 0 Å². The highest BCUT2D eigenvalue weighted by atomic mass is 19.4. The van der Waals surface area contributed by atoms with E-state index in [9.17, 15) is 13.2 Å². The van der Waals surface area contributed by atoms with E-state index in [4.69, 9.17) is 5.11 Å². The lowest BCUT2D eigenvalue weighted by molar-refractivity contribution is -0.211. The fourth-order valence-corrected chi connectivity index (χ4v) is 1.42. The Kier molecular flexibility index (Phi) is 2.63. The lowest BCUT2D eigenvalue weighted by Crippen LogP contribution is -2.44. The van der Waals surface area contributed by atoms with Crippen LogP contribution >= 0.6 is 0 Å². The van der Waals surface area contributed by atoms with Gasteiger partial charge in [0.25, 0.3) is 0 Å². The number of alkyl halides is 3. The molecule has 1 fully saturated rings. The van der Waals surface area contributed by atoms with Crippen molar-refractivity contribution >= 4 is 0 Å². The van der Waals surface area contributed by atoms with Gasteiger partial charge in [-0.25, -0.2) is 0 Å². The van der Waals surface area contributed by atoms with Crippen LogP contribution in [0.4, 0.5) is 13.2 Å². The number of hydrogen-bond donors (Lipinski definition) is 2. The summed E-state index contributed by atoms with van der Waals surface area (Å²) in [6.07, 6.45) is -6.33. The molecule has 0 aromatic rings. The van der Waals surface area contributed by atoms with Crippen molar-refractivity contribution in [2.45, 2.75) is 31.7 Å². The minimum atomic E-state index is -4.50. The normalized spacial score (nSPS) is 33.8. The lowest BCUT2D eigenvalue weighted by Gasteiger charge is -2.20. The van der Waals surface area contributed by atoms with Crippen LogP contribution in [0.1, 0.15) is 13.3 Å². The van der Waals surface area contributed by atoms with Crippen molar-refractivity contribution in [3.63, 3.8) is 0 Å². The Hall–Kier alpha value is -0.290. The van der Waals surface area contributed by atoms with Gasteiger partial charge in [0, 0.05) is 6.04 Å². The molecule has 2 N–H and O–H groups in total. The van der Waals surface area contributed by atoms with E-state index in [1.807, 2.05) is 6.92 Å². The molecule has 0 amide bonds. The summed E-state index contributed by atoms with van der Waals surface area (Å²) < 4.78 is 35.8. The van der Waals surface area contributed by atoms with Gasteiger partial charge in [-0.05, 0) is 18.9 Å². The molecule has 5 heteroatoms. The van der Waals surface area contributed by atoms with Crippen molar-refractivity contribution in [3.05, 3.63) is 0 Å². The predicted molar refractivity (Wildman–Crippen MR) is 37.6 cm³/mol. The number of aliphatic hydroxyl groups is 1. The van der Waals surface area contributed by atoms with Gasteiger partial charge in [0.1, 0.15) is 0 Å². The standard InChI is InChI=1S/C7H12F3NO/c1-4-2-5(11-3-4)6(12)7(8,9)10/h4-6,11-12H,2-3H2,1H3. The first-order valence-corrected chi connectivity index (χ1v) is 3.89. The quantitative estimate of drug-likeness (QED) is 0.633. The Morgan fingerprint density at radius 3 is 2.42 bits per heavy atom. The van der Waals surface area contributed by atoms with E-state index in [2.05, 4.69) is 5.32 Å². The molecule has 0 bridgehead atoms. The molecule has 0 radical (unpaired) electrons. The van der Waals surface area contributed by atoms with Gasteiger partial charge in [-0.3, -0.25) is 0 Å². The van der Waals surface area contributed by atoms with E-state index in [1.165, 1.54) is 0 Å². The zero-order valence-corrected chi connectivity index (χ0v) is 6.73. The number of rotatable bonds is 1. The molecule has 72 valence electrons. The maximum atomic E-state index is 11.9. The van der Waals surface area contributed by atoms with Gasteiger partial charge in [-0.1, -0.05) is 6.92 Å². The van der Waals surface area contributed by atoms with Crippen LogP contribution < -0.4 is 5.32 Å². The molecule has 2 nitrogen and oxygen atoms in total. The molecule has 0 aromatic heterocycles. The molecule has 1 aliphatic heterocycles. The third kappa shape index (κ3) is 2.10. The summed E-state index contributed by atoms with van der Waals surface area (Å²) >= 11 is 0. The third-order valence-electron chi connectivity index (χ3n) is 2.10. The van der Waals surface area contributed by atoms with Crippen molar-refractivity contribution in [1.29, 1.82) is 0 Å². The van der Waals surface area contributed by atoms with Crippen LogP contribution in [0.25, 0.3) is 0 Å². The highest BCUT2D eigenvalue weighted by Gasteiger charge is 2.45. The van der Waals surface area contributed by atoms with Crippen molar-refractivity contribution < 1.29 is 18.3 Å². The molecule has 1 aliphatic rings. The van der Waals surface area contributed by atoms with E-state index in [0.717, 1.165) is 0 Å². The summed E-state index contributed by atoms with van der Waals surface area (Å²) in [5.74, 6) is 0.215. The minimum Gasteiger partial charge on any atom is -0.382 e. The second-order valence-corrected chi connectivity index (χ2v) is 3.34. The molecule has 1 heterocycles. The Bertz CT molecular complexity index is 159. The van der Waals surface area contributed by atoms with E-state index in [0.29, 0.717) is 13.0 Å². The van der Waals surface area contributed by atoms with Gasteiger partial charge in [-0.2, -0.15) is 13.2 Å². The van der Waals surface area contributed by atoms with Gasteiger partial charge >= 0.3 is 6.18 Å². The molecule has 12 heavy (non-hydrogen) atoms. The molecule has 1 saturated heterocycles. The highest BCUT2D eigenvalue weighted by Crippen LogP contribution is 2.27. The van der Waals surface area contributed by atoms with Crippen molar-refractivity contribution in [3.8, 4) is 0 Å². The fraction of sp³-hybridized carbons (Fsp3) is 1.00. The van der Waals surface area contributed by atoms with E-state index < -0.39 is 18.3 Å². The maximum absolute atomic E-state index is 11.9. The Labute approximate surface area is 68.8 Å². The van der Waals surface area contributed by atoms with Crippen LogP contribution in [0.15, 0.2) is 0 Å². The SMILES string of the molecule is CC1CNC(C(O)C(F)(F)F)C1. The summed E-state index contributed by atoms with van der Waals surface area (Å²) in [6, 6.07) is -0.819. The first kappa shape index (κ1) is 9.80. The first-order chi connectivity index (χ1) is 5.41. The number of hydrogen-bond acceptors (Lipinski definition) is 2. The molecular weight excluding hydrogens is 171 g/mol. The lowest BCUT2D eigenvalue weighted by atomic mass is 10.0. The molecule has 0 saturated carbocycles. The molecular formula is C7H12F3NO. The van der Waals surface area contributed by atoms with Crippen LogP contribution in [-0.2, 0) is 0 Å². The maximum Gasteiger partial charge on any atom is 0.415 e. The van der Waals surface area contributed by atoms with E-state index in [1.54, 1.807) is 0 Å². The molecule has 0 spiro atoms. The Morgan fingerprint density at radius 1 is 1.50 bits per heavy atom. The summed E-state index contributed by atoms with van der Waals surface area (Å²) in [5, 5.41) is 11.5. The largest absolute Gasteiger partial charge is 0.415 e. The van der Waals surface area contributed by atoms with Crippen LogP contribution in [0.3, 0.4) is 0 Å². The van der Waals surface area contributed by atoms with Gasteiger partial charge in [-0.15, -0.1) is 0 Å². The van der Waals surface area contributed by atoms with E-state index >= 15 is 0 Å². The first-order valence-electron chi connectivity index (χ1n) is 3.89. The molecule has 1 rings (SSSR count). The predicted octanol–water partition coefficient (Wildman–Crippen LogP) is 0.908. The Morgan fingerprint density at radius 2 is 2.08 bits per heavy atom. The zero-order chi connectivity index (χ0) is 9.35. The van der Waals surface area contributed by atoms with Crippen molar-refractivity contribution in [2.75, 3.05) is 6.54 Å². The van der Waals surface area contributed by atoms with Crippen LogP contribution in [0.5, 0.6) is 0 Å². The third-order valence-corrected chi connectivity index (χ3v) is 2.10. The molecule has 0 aliphatic carbocycles. The second-order valence-electron chi connectivity index (χ2n) is 3.34. The molecule has 0 aromatic carbocycles. The topological polar surface area (TPSA) is 32.3 Å². The second kappa shape index (κ2) is 3.22. The minimum absolute atomic E-state index is 0.215. The Balaban J connectivity index is 2.48. The van der Waals surface area contributed by atoms with Gasteiger partial charge < -0.3 is 10.4 Å². The number of aliphatic hydroxyl groups excluding tert-OH is 1. The fourth-order valence-electron chi connectivity index (χ4n) is 1.42. The number of nitrogens with one attached hydrogen (secondary N) is 1. The van der Waals surface area contributed by atoms with Crippen molar-refractivity contribution in [1.82, 2.24) is 5.32 Å². The zero-order valence-electron chi connectivity index (χ0n) is 6.73. The molecule has 3 atom stereocenters. The van der Waals surface area contributed by atoms with Crippen molar-refractivity contribution in [2.24, 2.45) is 5.92 Å².